The van der Waals surface area contributed by atoms with E-state index >= 15 is 0 Å². The number of hydrogen-bond donors (Lipinski definition) is 1. The number of aliphatic hydroxyl groups is 1. The molecule has 0 unspecified atom stereocenters. The van der Waals surface area contributed by atoms with Crippen molar-refractivity contribution >= 4 is 17.9 Å². The first-order valence-corrected chi connectivity index (χ1v) is 11.7. The highest BCUT2D eigenvalue weighted by Crippen LogP contribution is 2.37. The van der Waals surface area contributed by atoms with Gasteiger partial charge in [0, 0.05) is 27.2 Å². The highest BCUT2D eigenvalue weighted by molar-refractivity contribution is 5.68. The Morgan fingerprint density at radius 3 is 1.83 bits per heavy atom. The quantitative estimate of drug-likeness (QED) is 0.388. The molecule has 1 aliphatic rings. The summed E-state index contributed by atoms with van der Waals surface area (Å²) >= 11 is 0. The molecule has 2 aromatic carbocycles. The first kappa shape index (κ1) is 27.3. The maximum absolute atomic E-state index is 12.1. The van der Waals surface area contributed by atoms with Crippen LogP contribution in [0.3, 0.4) is 0 Å². The third-order valence-corrected chi connectivity index (χ3v) is 5.73. The fraction of sp³-hybridized carbons (Fsp3) is 0.444. The largest absolute Gasteiger partial charge is 0.458 e. The summed E-state index contributed by atoms with van der Waals surface area (Å²) in [5.74, 6) is -1.93. The van der Waals surface area contributed by atoms with Crippen molar-refractivity contribution in [3.63, 3.8) is 0 Å². The Morgan fingerprint density at radius 2 is 1.31 bits per heavy atom. The highest BCUT2D eigenvalue weighted by atomic mass is 16.6. The lowest BCUT2D eigenvalue weighted by Gasteiger charge is -2.48. The fourth-order valence-electron chi connectivity index (χ4n) is 4.29. The van der Waals surface area contributed by atoms with Gasteiger partial charge < -0.3 is 28.8 Å². The van der Waals surface area contributed by atoms with E-state index in [2.05, 4.69) is 0 Å². The molecule has 1 fully saturated rings. The summed E-state index contributed by atoms with van der Waals surface area (Å²) in [7, 11) is 0. The van der Waals surface area contributed by atoms with Crippen molar-refractivity contribution in [2.45, 2.75) is 70.4 Å². The molecular formula is C27H32O9. The van der Waals surface area contributed by atoms with Gasteiger partial charge >= 0.3 is 17.9 Å². The molecule has 0 spiro atoms. The lowest BCUT2D eigenvalue weighted by atomic mass is 9.77. The molecule has 2 aromatic rings. The molecular weight excluding hydrogens is 468 g/mol. The number of carbonyl (C=O) groups excluding carboxylic acids is 3. The predicted octanol–water partition coefficient (Wildman–Crippen LogP) is 2.72. The first-order valence-electron chi connectivity index (χ1n) is 11.7. The standard InChI is InChI=1S/C27H32O9/c1-18(28)34-23-14-27(31,17-32-15-21-10-6-4-7-11-21)26(36-20(3)30)25(24(23)35-19(2)29)33-16-22-12-8-5-9-13-22/h4-13,23-26,31H,14-17H2,1-3H3/t23-,24-,25+,26-,27-/m0/s1. The molecule has 3 rings (SSSR count). The lowest BCUT2D eigenvalue weighted by molar-refractivity contribution is -0.262. The zero-order chi connectivity index (χ0) is 26.1. The SMILES string of the molecule is CC(=O)O[C@@H]1[C@@H](OCc2ccccc2)[C@H](OC(C)=O)[C@@](O)(COCc2ccccc2)C[C@@H]1OC(C)=O. The number of rotatable bonds is 10. The van der Waals surface area contributed by atoms with E-state index in [1.807, 2.05) is 60.7 Å². The van der Waals surface area contributed by atoms with Crippen LogP contribution in [0, 0.1) is 0 Å². The van der Waals surface area contributed by atoms with Crippen molar-refractivity contribution in [2.24, 2.45) is 0 Å². The maximum atomic E-state index is 12.1. The normalized spacial score (nSPS) is 25.6. The predicted molar refractivity (Wildman–Crippen MR) is 127 cm³/mol. The van der Waals surface area contributed by atoms with Crippen LogP contribution >= 0.6 is 0 Å². The van der Waals surface area contributed by atoms with Crippen LogP contribution in [0.2, 0.25) is 0 Å². The first-order chi connectivity index (χ1) is 17.2. The van der Waals surface area contributed by atoms with Gasteiger partial charge in [-0.05, 0) is 11.1 Å². The van der Waals surface area contributed by atoms with Crippen LogP contribution in [0.25, 0.3) is 0 Å². The summed E-state index contributed by atoms with van der Waals surface area (Å²) in [4.78, 5) is 35.9. The second-order valence-electron chi connectivity index (χ2n) is 8.80. The molecule has 1 saturated carbocycles. The highest BCUT2D eigenvalue weighted by Gasteiger charge is 2.58. The van der Waals surface area contributed by atoms with Crippen LogP contribution < -0.4 is 0 Å². The van der Waals surface area contributed by atoms with E-state index in [-0.39, 0.29) is 26.2 Å². The van der Waals surface area contributed by atoms with Gasteiger partial charge in [-0.3, -0.25) is 14.4 Å². The van der Waals surface area contributed by atoms with E-state index in [1.165, 1.54) is 20.8 Å². The zero-order valence-electron chi connectivity index (χ0n) is 20.6. The van der Waals surface area contributed by atoms with E-state index < -0.39 is 47.9 Å². The van der Waals surface area contributed by atoms with Crippen molar-refractivity contribution in [1.29, 1.82) is 0 Å². The number of hydrogen-bond acceptors (Lipinski definition) is 9. The molecule has 0 amide bonds. The summed E-state index contributed by atoms with van der Waals surface area (Å²) in [5.41, 5.74) is -0.121. The van der Waals surface area contributed by atoms with Crippen LogP contribution in [-0.4, -0.2) is 59.6 Å². The Kier molecular flexibility index (Phi) is 9.58. The topological polar surface area (TPSA) is 118 Å². The van der Waals surface area contributed by atoms with Crippen molar-refractivity contribution < 1.29 is 43.2 Å². The van der Waals surface area contributed by atoms with Crippen molar-refractivity contribution in [1.82, 2.24) is 0 Å². The molecule has 5 atom stereocenters. The van der Waals surface area contributed by atoms with Crippen LogP contribution in [0.1, 0.15) is 38.3 Å². The van der Waals surface area contributed by atoms with Crippen LogP contribution in [0.5, 0.6) is 0 Å². The molecule has 0 radical (unpaired) electrons. The monoisotopic (exact) mass is 500 g/mol. The van der Waals surface area contributed by atoms with Crippen LogP contribution in [0.4, 0.5) is 0 Å². The Labute approximate surface area is 210 Å². The minimum Gasteiger partial charge on any atom is -0.458 e. The molecule has 0 heterocycles. The smallest absolute Gasteiger partial charge is 0.303 e. The fourth-order valence-corrected chi connectivity index (χ4v) is 4.29. The van der Waals surface area contributed by atoms with E-state index in [0.29, 0.717) is 0 Å². The van der Waals surface area contributed by atoms with Crippen molar-refractivity contribution in [2.75, 3.05) is 6.61 Å². The Hall–Kier alpha value is -3.27. The van der Waals surface area contributed by atoms with Gasteiger partial charge in [0.25, 0.3) is 0 Å². The minimum absolute atomic E-state index is 0.0643. The molecule has 0 bridgehead atoms. The third-order valence-electron chi connectivity index (χ3n) is 5.73. The van der Waals surface area contributed by atoms with Crippen LogP contribution in [0.15, 0.2) is 60.7 Å². The molecule has 36 heavy (non-hydrogen) atoms. The molecule has 0 aliphatic heterocycles. The summed E-state index contributed by atoms with van der Waals surface area (Å²) in [5, 5.41) is 11.7. The van der Waals surface area contributed by atoms with E-state index in [9.17, 15) is 19.5 Å². The Bertz CT molecular complexity index is 1010. The zero-order valence-corrected chi connectivity index (χ0v) is 20.6. The number of carbonyl (C=O) groups is 3. The maximum Gasteiger partial charge on any atom is 0.303 e. The molecule has 1 aliphatic carbocycles. The van der Waals surface area contributed by atoms with E-state index in [0.717, 1.165) is 11.1 Å². The van der Waals surface area contributed by atoms with Gasteiger partial charge in [-0.1, -0.05) is 60.7 Å². The number of ether oxygens (including phenoxy) is 5. The van der Waals surface area contributed by atoms with Gasteiger partial charge in [0.2, 0.25) is 0 Å². The summed E-state index contributed by atoms with van der Waals surface area (Å²) in [6, 6.07) is 18.6. The Morgan fingerprint density at radius 1 is 0.778 bits per heavy atom. The minimum atomic E-state index is -1.81. The van der Waals surface area contributed by atoms with Gasteiger partial charge in [-0.25, -0.2) is 0 Å². The molecule has 9 heteroatoms. The van der Waals surface area contributed by atoms with Crippen LogP contribution in [-0.2, 0) is 51.3 Å². The molecule has 0 saturated heterocycles. The summed E-state index contributed by atoms with van der Waals surface area (Å²) in [6.07, 6.45) is -4.83. The molecule has 9 nitrogen and oxygen atoms in total. The van der Waals surface area contributed by atoms with Gasteiger partial charge in [0.05, 0.1) is 19.8 Å². The second kappa shape index (κ2) is 12.6. The lowest BCUT2D eigenvalue weighted by Crippen LogP contribution is -2.67. The summed E-state index contributed by atoms with van der Waals surface area (Å²) < 4.78 is 28.4. The molecule has 194 valence electrons. The van der Waals surface area contributed by atoms with E-state index in [4.69, 9.17) is 23.7 Å². The molecule has 0 aromatic heterocycles. The second-order valence-corrected chi connectivity index (χ2v) is 8.80. The van der Waals surface area contributed by atoms with E-state index in [1.54, 1.807) is 0 Å². The van der Waals surface area contributed by atoms with Gasteiger partial charge in [0.1, 0.15) is 17.8 Å². The molecule has 1 N–H and O–H groups in total. The average Bonchev–Trinajstić information content (AvgIpc) is 2.82. The van der Waals surface area contributed by atoms with Crippen molar-refractivity contribution in [3.05, 3.63) is 71.8 Å². The summed E-state index contributed by atoms with van der Waals surface area (Å²) in [6.45, 7) is 3.64. The van der Waals surface area contributed by atoms with Gasteiger partial charge in [-0.15, -0.1) is 0 Å². The van der Waals surface area contributed by atoms with Crippen molar-refractivity contribution in [3.8, 4) is 0 Å². The van der Waals surface area contributed by atoms with Gasteiger partial charge in [0.15, 0.2) is 12.2 Å². The number of esters is 3. The Balaban J connectivity index is 1.92. The third kappa shape index (κ3) is 7.61. The average molecular weight is 501 g/mol. The number of benzene rings is 2. The van der Waals surface area contributed by atoms with Gasteiger partial charge in [-0.2, -0.15) is 0 Å².